The Morgan fingerprint density at radius 1 is 1.62 bits per heavy atom. The highest BCUT2D eigenvalue weighted by atomic mass is 35.5. The van der Waals surface area contributed by atoms with Gasteiger partial charge in [-0.2, -0.15) is 0 Å². The molecule has 2 unspecified atom stereocenters. The van der Waals surface area contributed by atoms with E-state index in [0.29, 0.717) is 5.28 Å². The summed E-state index contributed by atoms with van der Waals surface area (Å²) in [6, 6.07) is 0.374. The second kappa shape index (κ2) is 3.27. The average molecular weight is 201 g/mol. The second-order valence-corrected chi connectivity index (χ2v) is 3.91. The summed E-state index contributed by atoms with van der Waals surface area (Å²) in [6.07, 6.45) is 3.16. The molecule has 0 spiro atoms. The van der Waals surface area contributed by atoms with Crippen molar-refractivity contribution in [3.8, 4) is 0 Å². The Balaban J connectivity index is 2.40. The van der Waals surface area contributed by atoms with E-state index in [9.17, 15) is 0 Å². The normalized spacial score (nSPS) is 24.1. The van der Waals surface area contributed by atoms with E-state index < -0.39 is 0 Å². The lowest BCUT2D eigenvalue weighted by Gasteiger charge is -2.27. The summed E-state index contributed by atoms with van der Waals surface area (Å²) in [5.74, 6) is 0.971. The molecule has 4 nitrogen and oxygen atoms in total. The number of fused-ring (bicyclic) bond motifs is 1. The summed E-state index contributed by atoms with van der Waals surface area (Å²) in [5, 5.41) is 8.34. The molecule has 0 bridgehead atoms. The van der Waals surface area contributed by atoms with Crippen molar-refractivity contribution in [2.45, 2.75) is 38.3 Å². The monoisotopic (exact) mass is 200 g/mol. The average Bonchev–Trinajstić information content (AvgIpc) is 2.48. The first-order valence-electron chi connectivity index (χ1n) is 4.55. The molecule has 0 fully saturated rings. The van der Waals surface area contributed by atoms with Gasteiger partial charge in [0.05, 0.1) is 6.04 Å². The van der Waals surface area contributed by atoms with Gasteiger partial charge in [0.1, 0.15) is 5.82 Å². The molecular formula is C8H13ClN4. The molecule has 2 rings (SSSR count). The van der Waals surface area contributed by atoms with E-state index in [-0.39, 0.29) is 12.1 Å². The highest BCUT2D eigenvalue weighted by molar-refractivity contribution is 6.28. The van der Waals surface area contributed by atoms with Crippen LogP contribution in [0, 0.1) is 0 Å². The first-order valence-corrected chi connectivity index (χ1v) is 4.93. The Kier molecular flexibility index (Phi) is 2.26. The van der Waals surface area contributed by atoms with Crippen molar-refractivity contribution >= 4 is 11.6 Å². The number of hydrogen-bond donors (Lipinski definition) is 1. The summed E-state index contributed by atoms with van der Waals surface area (Å²) in [7, 11) is 0. The van der Waals surface area contributed by atoms with Gasteiger partial charge in [-0.05, 0) is 31.4 Å². The van der Waals surface area contributed by atoms with Crippen LogP contribution in [0.1, 0.15) is 31.6 Å². The van der Waals surface area contributed by atoms with Gasteiger partial charge in [-0.15, -0.1) is 10.2 Å². The quantitative estimate of drug-likeness (QED) is 0.740. The topological polar surface area (TPSA) is 56.7 Å². The molecule has 0 saturated carbocycles. The molecular weight excluding hydrogens is 188 g/mol. The minimum Gasteiger partial charge on any atom is -0.326 e. The Bertz CT molecular complexity index is 307. The first-order chi connectivity index (χ1) is 6.20. The Labute approximate surface area is 82.1 Å². The van der Waals surface area contributed by atoms with Gasteiger partial charge in [0.2, 0.25) is 5.28 Å². The fourth-order valence-corrected chi connectivity index (χ4v) is 2.16. The van der Waals surface area contributed by atoms with E-state index in [1.807, 2.05) is 11.5 Å². The van der Waals surface area contributed by atoms with Crippen LogP contribution >= 0.6 is 11.6 Å². The highest BCUT2D eigenvalue weighted by Gasteiger charge is 2.26. The molecule has 1 aromatic rings. The second-order valence-electron chi connectivity index (χ2n) is 3.57. The van der Waals surface area contributed by atoms with Crippen LogP contribution in [0.5, 0.6) is 0 Å². The highest BCUT2D eigenvalue weighted by Crippen LogP contribution is 2.28. The van der Waals surface area contributed by atoms with Gasteiger partial charge in [-0.3, -0.25) is 4.57 Å². The lowest BCUT2D eigenvalue weighted by Crippen LogP contribution is -2.32. The molecule has 0 radical (unpaired) electrons. The molecule has 0 aromatic carbocycles. The first kappa shape index (κ1) is 8.97. The SMILES string of the molecule is CC(N)C1CCCc2nnc(Cl)n21. The number of aromatic nitrogens is 3. The number of nitrogens with zero attached hydrogens (tertiary/aromatic N) is 3. The maximum atomic E-state index is 5.93. The van der Waals surface area contributed by atoms with Gasteiger partial charge in [-0.1, -0.05) is 0 Å². The van der Waals surface area contributed by atoms with E-state index in [1.165, 1.54) is 0 Å². The third kappa shape index (κ3) is 1.44. The Morgan fingerprint density at radius 2 is 2.38 bits per heavy atom. The summed E-state index contributed by atoms with van der Waals surface area (Å²) >= 11 is 5.93. The van der Waals surface area contributed by atoms with Crippen LogP contribution < -0.4 is 5.73 Å². The third-order valence-corrected chi connectivity index (χ3v) is 2.82. The van der Waals surface area contributed by atoms with Crippen LogP contribution in [0.2, 0.25) is 5.28 Å². The fraction of sp³-hybridized carbons (Fsp3) is 0.750. The fourth-order valence-electron chi connectivity index (χ4n) is 1.90. The molecule has 0 amide bonds. The zero-order chi connectivity index (χ0) is 9.42. The minimum atomic E-state index is 0.104. The van der Waals surface area contributed by atoms with Crippen molar-refractivity contribution < 1.29 is 0 Å². The van der Waals surface area contributed by atoms with Gasteiger partial charge >= 0.3 is 0 Å². The maximum absolute atomic E-state index is 5.93. The van der Waals surface area contributed by atoms with Crippen molar-refractivity contribution in [3.63, 3.8) is 0 Å². The van der Waals surface area contributed by atoms with Crippen LogP contribution in [0.3, 0.4) is 0 Å². The number of halogens is 1. The van der Waals surface area contributed by atoms with E-state index in [1.54, 1.807) is 0 Å². The van der Waals surface area contributed by atoms with Gasteiger partial charge < -0.3 is 5.73 Å². The minimum absolute atomic E-state index is 0.104. The molecule has 2 heterocycles. The van der Waals surface area contributed by atoms with Crippen LogP contribution in [0.4, 0.5) is 0 Å². The standard InChI is InChI=1S/C8H13ClN4/c1-5(10)6-3-2-4-7-11-12-8(9)13(6)7/h5-6H,2-4,10H2,1H3. The Morgan fingerprint density at radius 3 is 3.08 bits per heavy atom. The van der Waals surface area contributed by atoms with Crippen molar-refractivity contribution in [3.05, 3.63) is 11.1 Å². The van der Waals surface area contributed by atoms with E-state index in [4.69, 9.17) is 17.3 Å². The summed E-state index contributed by atoms with van der Waals surface area (Å²) in [4.78, 5) is 0. The predicted octanol–water partition coefficient (Wildman–Crippen LogP) is 1.16. The molecule has 5 heteroatoms. The van der Waals surface area contributed by atoms with Crippen molar-refractivity contribution in [1.29, 1.82) is 0 Å². The van der Waals surface area contributed by atoms with Crippen molar-refractivity contribution in [2.75, 3.05) is 0 Å². The van der Waals surface area contributed by atoms with E-state index >= 15 is 0 Å². The van der Waals surface area contributed by atoms with Crippen LogP contribution in [-0.2, 0) is 6.42 Å². The lowest BCUT2D eigenvalue weighted by molar-refractivity contribution is 0.350. The largest absolute Gasteiger partial charge is 0.326 e. The molecule has 2 N–H and O–H groups in total. The number of nitrogens with two attached hydrogens (primary N) is 1. The predicted molar refractivity (Wildman–Crippen MR) is 50.7 cm³/mol. The van der Waals surface area contributed by atoms with Gasteiger partial charge in [0, 0.05) is 12.5 Å². The van der Waals surface area contributed by atoms with Crippen molar-refractivity contribution in [1.82, 2.24) is 14.8 Å². The zero-order valence-electron chi connectivity index (χ0n) is 7.57. The molecule has 0 saturated heterocycles. The molecule has 1 aliphatic rings. The molecule has 2 atom stereocenters. The number of rotatable bonds is 1. The zero-order valence-corrected chi connectivity index (χ0v) is 8.33. The van der Waals surface area contributed by atoms with Crippen LogP contribution in [0.25, 0.3) is 0 Å². The number of aryl methyl sites for hydroxylation is 1. The van der Waals surface area contributed by atoms with Gasteiger partial charge in [-0.25, -0.2) is 0 Å². The molecule has 1 aliphatic heterocycles. The van der Waals surface area contributed by atoms with Gasteiger partial charge in [0.15, 0.2) is 0 Å². The van der Waals surface area contributed by atoms with Crippen molar-refractivity contribution in [2.24, 2.45) is 5.73 Å². The maximum Gasteiger partial charge on any atom is 0.225 e. The molecule has 72 valence electrons. The Hall–Kier alpha value is -0.610. The molecule has 1 aromatic heterocycles. The summed E-state index contributed by atoms with van der Waals surface area (Å²) in [6.45, 7) is 2.00. The lowest BCUT2D eigenvalue weighted by atomic mass is 9.99. The third-order valence-electron chi connectivity index (χ3n) is 2.56. The molecule has 13 heavy (non-hydrogen) atoms. The van der Waals surface area contributed by atoms with Crippen LogP contribution in [0.15, 0.2) is 0 Å². The smallest absolute Gasteiger partial charge is 0.225 e. The summed E-state index contributed by atoms with van der Waals surface area (Å²) < 4.78 is 1.97. The van der Waals surface area contributed by atoms with Crippen LogP contribution in [-0.4, -0.2) is 20.8 Å². The molecule has 0 aliphatic carbocycles. The van der Waals surface area contributed by atoms with E-state index in [0.717, 1.165) is 25.1 Å². The number of hydrogen-bond acceptors (Lipinski definition) is 3. The van der Waals surface area contributed by atoms with E-state index in [2.05, 4.69) is 10.2 Å². The van der Waals surface area contributed by atoms with Gasteiger partial charge in [0.25, 0.3) is 0 Å². The summed E-state index contributed by atoms with van der Waals surface area (Å²) in [5.41, 5.74) is 5.88.